The molecule has 2 rings (SSSR count). The normalized spacial score (nSPS) is 18.7. The van der Waals surface area contributed by atoms with Crippen molar-refractivity contribution < 1.29 is 14.0 Å². The monoisotopic (exact) mass is 282 g/mol. The zero-order valence-corrected chi connectivity index (χ0v) is 11.4. The lowest BCUT2D eigenvalue weighted by Gasteiger charge is -2.23. The molecule has 0 spiro atoms. The highest BCUT2D eigenvalue weighted by atomic mass is 32.2. The van der Waals surface area contributed by atoms with Crippen LogP contribution in [0.25, 0.3) is 0 Å². The van der Waals surface area contributed by atoms with E-state index in [9.17, 15) is 14.0 Å². The van der Waals surface area contributed by atoms with Crippen LogP contribution in [0.4, 0.5) is 4.39 Å². The third-order valence-corrected chi connectivity index (χ3v) is 4.07. The van der Waals surface area contributed by atoms with Gasteiger partial charge in [0.05, 0.1) is 5.75 Å². The van der Waals surface area contributed by atoms with Gasteiger partial charge in [0, 0.05) is 12.1 Å². The molecule has 2 amide bonds. The predicted molar refractivity (Wildman–Crippen MR) is 72.0 cm³/mol. The lowest BCUT2D eigenvalue weighted by molar-refractivity contribution is -0.133. The standard InChI is InChI=1S/C13H15FN2O2S/c1-2-15-11(17)7-16-12(18)8-19-13(16)9-5-3-4-6-10(9)14/h3-6,13H,2,7-8H2,1H3,(H,15,17)/t13-/m1/s1. The molecule has 1 heterocycles. The predicted octanol–water partition coefficient (Wildman–Crippen LogP) is 1.54. The van der Waals surface area contributed by atoms with Crippen LogP contribution in [0, 0.1) is 5.82 Å². The van der Waals surface area contributed by atoms with Gasteiger partial charge >= 0.3 is 0 Å². The number of hydrogen-bond donors (Lipinski definition) is 1. The third-order valence-electron chi connectivity index (χ3n) is 2.83. The number of carbonyl (C=O) groups excluding carboxylic acids is 2. The number of carbonyl (C=O) groups is 2. The molecule has 1 atom stereocenters. The van der Waals surface area contributed by atoms with Crippen LogP contribution in [-0.2, 0) is 9.59 Å². The summed E-state index contributed by atoms with van der Waals surface area (Å²) in [7, 11) is 0. The van der Waals surface area contributed by atoms with Gasteiger partial charge in [0.25, 0.3) is 0 Å². The molecule has 0 saturated carbocycles. The van der Waals surface area contributed by atoms with E-state index in [1.807, 2.05) is 6.92 Å². The number of rotatable bonds is 4. The van der Waals surface area contributed by atoms with Crippen molar-refractivity contribution in [3.8, 4) is 0 Å². The van der Waals surface area contributed by atoms with Crippen molar-refractivity contribution in [3.63, 3.8) is 0 Å². The molecule has 0 aliphatic carbocycles. The number of hydrogen-bond acceptors (Lipinski definition) is 3. The van der Waals surface area contributed by atoms with Gasteiger partial charge in [-0.1, -0.05) is 18.2 Å². The Morgan fingerprint density at radius 3 is 2.95 bits per heavy atom. The molecule has 0 aromatic heterocycles. The van der Waals surface area contributed by atoms with Crippen molar-refractivity contribution in [2.75, 3.05) is 18.8 Å². The highest BCUT2D eigenvalue weighted by molar-refractivity contribution is 8.00. The summed E-state index contributed by atoms with van der Waals surface area (Å²) >= 11 is 1.34. The fourth-order valence-electron chi connectivity index (χ4n) is 1.97. The van der Waals surface area contributed by atoms with Crippen LogP contribution in [0.3, 0.4) is 0 Å². The summed E-state index contributed by atoms with van der Waals surface area (Å²) in [4.78, 5) is 24.8. The van der Waals surface area contributed by atoms with Crippen molar-refractivity contribution in [1.82, 2.24) is 10.2 Å². The first-order valence-electron chi connectivity index (χ1n) is 6.05. The molecule has 6 heteroatoms. The number of amides is 2. The maximum absolute atomic E-state index is 13.8. The van der Waals surface area contributed by atoms with E-state index >= 15 is 0 Å². The fourth-order valence-corrected chi connectivity index (χ4v) is 3.17. The third kappa shape index (κ3) is 3.07. The highest BCUT2D eigenvalue weighted by Crippen LogP contribution is 2.39. The van der Waals surface area contributed by atoms with E-state index in [4.69, 9.17) is 0 Å². The zero-order chi connectivity index (χ0) is 13.8. The van der Waals surface area contributed by atoms with Crippen LogP contribution < -0.4 is 5.32 Å². The van der Waals surface area contributed by atoms with Crippen molar-refractivity contribution in [1.29, 1.82) is 0 Å². The first-order valence-corrected chi connectivity index (χ1v) is 7.10. The van der Waals surface area contributed by atoms with E-state index in [0.29, 0.717) is 12.1 Å². The first kappa shape index (κ1) is 13.9. The molecule has 1 N–H and O–H groups in total. The number of nitrogens with zero attached hydrogens (tertiary/aromatic N) is 1. The minimum Gasteiger partial charge on any atom is -0.355 e. The van der Waals surface area contributed by atoms with E-state index in [-0.39, 0.29) is 29.9 Å². The van der Waals surface area contributed by atoms with Gasteiger partial charge in [-0.25, -0.2) is 4.39 Å². The summed E-state index contributed by atoms with van der Waals surface area (Å²) in [6.45, 7) is 2.30. The number of benzene rings is 1. The molecule has 1 saturated heterocycles. The smallest absolute Gasteiger partial charge is 0.239 e. The fraction of sp³-hybridized carbons (Fsp3) is 0.385. The van der Waals surface area contributed by atoms with Crippen molar-refractivity contribution in [3.05, 3.63) is 35.6 Å². The summed E-state index contributed by atoms with van der Waals surface area (Å²) < 4.78 is 13.8. The van der Waals surface area contributed by atoms with Crippen LogP contribution in [0.15, 0.2) is 24.3 Å². The molecule has 1 aliphatic heterocycles. The van der Waals surface area contributed by atoms with Crippen molar-refractivity contribution in [2.24, 2.45) is 0 Å². The van der Waals surface area contributed by atoms with Gasteiger partial charge in [-0.15, -0.1) is 11.8 Å². The minimum absolute atomic E-state index is 0.0291. The average Bonchev–Trinajstić information content (AvgIpc) is 2.72. The second-order valence-electron chi connectivity index (χ2n) is 4.16. The summed E-state index contributed by atoms with van der Waals surface area (Å²) in [5.41, 5.74) is 0.447. The Bertz CT molecular complexity index is 495. The second-order valence-corrected chi connectivity index (χ2v) is 5.23. The van der Waals surface area contributed by atoms with Crippen LogP contribution in [0.1, 0.15) is 17.9 Å². The maximum atomic E-state index is 13.8. The Kier molecular flexibility index (Phi) is 4.42. The van der Waals surface area contributed by atoms with E-state index in [0.717, 1.165) is 0 Å². The highest BCUT2D eigenvalue weighted by Gasteiger charge is 2.35. The van der Waals surface area contributed by atoms with Crippen LogP contribution in [0.5, 0.6) is 0 Å². The van der Waals surface area contributed by atoms with Gasteiger partial charge in [0.15, 0.2) is 0 Å². The molecule has 0 bridgehead atoms. The van der Waals surface area contributed by atoms with Crippen LogP contribution in [-0.4, -0.2) is 35.6 Å². The lowest BCUT2D eigenvalue weighted by atomic mass is 10.2. The quantitative estimate of drug-likeness (QED) is 0.911. The number of thioether (sulfide) groups is 1. The van der Waals surface area contributed by atoms with Gasteiger partial charge in [0.2, 0.25) is 11.8 Å². The van der Waals surface area contributed by atoms with Gasteiger partial charge < -0.3 is 10.2 Å². The SMILES string of the molecule is CCNC(=O)CN1C(=O)CS[C@@H]1c1ccccc1F. The van der Waals surface area contributed by atoms with Gasteiger partial charge in [-0.2, -0.15) is 0 Å². The van der Waals surface area contributed by atoms with Gasteiger partial charge in [-0.05, 0) is 13.0 Å². The summed E-state index contributed by atoms with van der Waals surface area (Å²) in [6.07, 6.45) is 0. The molecule has 102 valence electrons. The Hall–Kier alpha value is -1.56. The van der Waals surface area contributed by atoms with Crippen molar-refractivity contribution in [2.45, 2.75) is 12.3 Å². The topological polar surface area (TPSA) is 49.4 Å². The Morgan fingerprint density at radius 2 is 2.26 bits per heavy atom. The Labute approximate surface area is 115 Å². The van der Waals surface area contributed by atoms with E-state index in [1.165, 1.54) is 22.7 Å². The van der Waals surface area contributed by atoms with E-state index in [2.05, 4.69) is 5.32 Å². The molecular formula is C13H15FN2O2S. The lowest BCUT2D eigenvalue weighted by Crippen LogP contribution is -2.39. The number of halogens is 1. The zero-order valence-electron chi connectivity index (χ0n) is 10.6. The first-order chi connectivity index (χ1) is 9.13. The van der Waals surface area contributed by atoms with E-state index < -0.39 is 5.37 Å². The maximum Gasteiger partial charge on any atom is 0.239 e. The molecule has 1 aromatic rings. The van der Waals surface area contributed by atoms with Gasteiger partial charge in [0.1, 0.15) is 17.7 Å². The summed E-state index contributed by atoms with van der Waals surface area (Å²) in [5, 5.41) is 2.22. The second kappa shape index (κ2) is 6.06. The largest absolute Gasteiger partial charge is 0.355 e. The van der Waals surface area contributed by atoms with Gasteiger partial charge in [-0.3, -0.25) is 9.59 Å². The van der Waals surface area contributed by atoms with Crippen LogP contribution in [0.2, 0.25) is 0 Å². The summed E-state index contributed by atoms with van der Waals surface area (Å²) in [5.74, 6) is -0.432. The molecule has 1 aliphatic rings. The minimum atomic E-state index is -0.420. The molecule has 19 heavy (non-hydrogen) atoms. The molecule has 0 radical (unpaired) electrons. The number of nitrogens with one attached hydrogen (secondary N) is 1. The average molecular weight is 282 g/mol. The molecule has 1 fully saturated rings. The molecule has 0 unspecified atom stereocenters. The number of likely N-dealkylation sites (N-methyl/N-ethyl adjacent to an activating group) is 1. The molecular weight excluding hydrogens is 267 g/mol. The van der Waals surface area contributed by atoms with E-state index in [1.54, 1.807) is 18.2 Å². The molecule has 1 aromatic carbocycles. The Morgan fingerprint density at radius 1 is 1.53 bits per heavy atom. The summed E-state index contributed by atoms with van der Waals surface area (Å²) in [6, 6.07) is 6.35. The molecule has 4 nitrogen and oxygen atoms in total. The van der Waals surface area contributed by atoms with Crippen LogP contribution >= 0.6 is 11.8 Å². The Balaban J connectivity index is 2.18. The van der Waals surface area contributed by atoms with Crippen molar-refractivity contribution >= 4 is 23.6 Å².